The van der Waals surface area contributed by atoms with Gasteiger partial charge in [-0.05, 0) is 24.3 Å². The third kappa shape index (κ3) is 4.87. The first-order valence-corrected chi connectivity index (χ1v) is 6.61. The summed E-state index contributed by atoms with van der Waals surface area (Å²) in [6.07, 6.45) is 0. The summed E-state index contributed by atoms with van der Waals surface area (Å²) >= 11 is 3.31. The average molecular weight is 313 g/mol. The van der Waals surface area contributed by atoms with E-state index in [1.54, 1.807) is 12.1 Å². The number of rotatable bonds is 5. The van der Waals surface area contributed by atoms with Crippen LogP contribution < -0.4 is 10.6 Å². The van der Waals surface area contributed by atoms with E-state index in [2.05, 4.69) is 26.6 Å². The first-order valence-electron chi connectivity index (χ1n) is 5.82. The molecule has 0 spiro atoms. The molecule has 1 rings (SSSR count). The van der Waals surface area contributed by atoms with Crippen molar-refractivity contribution in [3.05, 3.63) is 34.3 Å². The minimum Gasteiger partial charge on any atom is -0.354 e. The third-order valence-corrected chi connectivity index (χ3v) is 2.87. The minimum absolute atomic E-state index is 0.00658. The highest BCUT2D eigenvalue weighted by Gasteiger charge is 2.06. The highest BCUT2D eigenvalue weighted by Crippen LogP contribution is 2.10. The zero-order valence-corrected chi connectivity index (χ0v) is 12.1. The van der Waals surface area contributed by atoms with Crippen LogP contribution in [0.4, 0.5) is 0 Å². The molecular weight excluding hydrogens is 296 g/mol. The molecule has 0 aliphatic heterocycles. The Morgan fingerprint density at radius 2 is 1.67 bits per heavy atom. The SMILES string of the molecule is CC(C)C(=O)NCCNC(=O)c1ccc(Br)cc1. The first-order chi connectivity index (χ1) is 8.50. The van der Waals surface area contributed by atoms with Crippen LogP contribution in [0.2, 0.25) is 0 Å². The molecule has 1 aromatic rings. The summed E-state index contributed by atoms with van der Waals surface area (Å²) in [5.74, 6) is -0.179. The first kappa shape index (κ1) is 14.7. The molecule has 4 nitrogen and oxygen atoms in total. The maximum Gasteiger partial charge on any atom is 0.251 e. The molecule has 0 saturated carbocycles. The largest absolute Gasteiger partial charge is 0.354 e. The van der Waals surface area contributed by atoms with Crippen LogP contribution in [0.5, 0.6) is 0 Å². The van der Waals surface area contributed by atoms with E-state index >= 15 is 0 Å². The van der Waals surface area contributed by atoms with Gasteiger partial charge in [0.05, 0.1) is 0 Å². The monoisotopic (exact) mass is 312 g/mol. The van der Waals surface area contributed by atoms with Gasteiger partial charge in [0.2, 0.25) is 5.91 Å². The van der Waals surface area contributed by atoms with E-state index in [0.29, 0.717) is 18.7 Å². The Labute approximate surface area is 115 Å². The van der Waals surface area contributed by atoms with Crippen LogP contribution in [-0.4, -0.2) is 24.9 Å². The second kappa shape index (κ2) is 7.16. The highest BCUT2D eigenvalue weighted by molar-refractivity contribution is 9.10. The van der Waals surface area contributed by atoms with Gasteiger partial charge in [-0.15, -0.1) is 0 Å². The van der Waals surface area contributed by atoms with Crippen molar-refractivity contribution < 1.29 is 9.59 Å². The second-order valence-electron chi connectivity index (χ2n) is 4.21. The molecule has 0 heterocycles. The fourth-order valence-electron chi connectivity index (χ4n) is 1.27. The molecule has 0 unspecified atom stereocenters. The van der Waals surface area contributed by atoms with Gasteiger partial charge in [0.25, 0.3) is 5.91 Å². The molecule has 0 aliphatic rings. The van der Waals surface area contributed by atoms with Crippen molar-refractivity contribution in [2.75, 3.05) is 13.1 Å². The molecule has 0 atom stereocenters. The summed E-state index contributed by atoms with van der Waals surface area (Å²) in [4.78, 5) is 23.0. The van der Waals surface area contributed by atoms with Crippen molar-refractivity contribution in [2.24, 2.45) is 5.92 Å². The van der Waals surface area contributed by atoms with Crippen LogP contribution in [0.25, 0.3) is 0 Å². The maximum atomic E-state index is 11.7. The van der Waals surface area contributed by atoms with E-state index < -0.39 is 0 Å². The van der Waals surface area contributed by atoms with Gasteiger partial charge in [-0.1, -0.05) is 29.8 Å². The zero-order chi connectivity index (χ0) is 13.5. The normalized spacial score (nSPS) is 10.2. The van der Waals surface area contributed by atoms with E-state index in [1.807, 2.05) is 26.0 Å². The molecule has 18 heavy (non-hydrogen) atoms. The van der Waals surface area contributed by atoms with Crippen LogP contribution in [-0.2, 0) is 4.79 Å². The predicted octanol–water partition coefficient (Wildman–Crippen LogP) is 1.95. The van der Waals surface area contributed by atoms with Crippen LogP contribution in [0.15, 0.2) is 28.7 Å². The molecule has 0 aromatic heterocycles. The highest BCUT2D eigenvalue weighted by atomic mass is 79.9. The Morgan fingerprint density at radius 1 is 1.11 bits per heavy atom. The summed E-state index contributed by atoms with van der Waals surface area (Å²) < 4.78 is 0.934. The Bertz CT molecular complexity index is 416. The van der Waals surface area contributed by atoms with E-state index in [-0.39, 0.29) is 17.7 Å². The molecule has 2 amide bonds. The van der Waals surface area contributed by atoms with E-state index in [9.17, 15) is 9.59 Å². The van der Waals surface area contributed by atoms with Crippen molar-refractivity contribution in [3.63, 3.8) is 0 Å². The Balaban J connectivity index is 2.29. The fourth-order valence-corrected chi connectivity index (χ4v) is 1.53. The van der Waals surface area contributed by atoms with Gasteiger partial charge < -0.3 is 10.6 Å². The smallest absolute Gasteiger partial charge is 0.251 e. The van der Waals surface area contributed by atoms with Gasteiger partial charge in [0, 0.05) is 29.0 Å². The zero-order valence-electron chi connectivity index (χ0n) is 10.5. The van der Waals surface area contributed by atoms with Gasteiger partial charge in [0.1, 0.15) is 0 Å². The number of amides is 2. The van der Waals surface area contributed by atoms with Crippen LogP contribution in [0, 0.1) is 5.92 Å². The lowest BCUT2D eigenvalue weighted by atomic mass is 10.2. The maximum absolute atomic E-state index is 11.7. The Hall–Kier alpha value is -1.36. The van der Waals surface area contributed by atoms with Gasteiger partial charge in [-0.25, -0.2) is 0 Å². The number of hydrogen-bond acceptors (Lipinski definition) is 2. The third-order valence-electron chi connectivity index (χ3n) is 2.34. The van der Waals surface area contributed by atoms with Crippen LogP contribution in [0.1, 0.15) is 24.2 Å². The van der Waals surface area contributed by atoms with Crippen molar-refractivity contribution in [1.29, 1.82) is 0 Å². The van der Waals surface area contributed by atoms with Gasteiger partial charge in [-0.2, -0.15) is 0 Å². The number of carbonyl (C=O) groups is 2. The predicted molar refractivity (Wildman–Crippen MR) is 74.3 cm³/mol. The molecular formula is C13H17BrN2O2. The summed E-state index contributed by atoms with van der Waals surface area (Å²) in [5, 5.41) is 5.48. The summed E-state index contributed by atoms with van der Waals surface area (Å²) in [7, 11) is 0. The minimum atomic E-state index is -0.138. The number of halogens is 1. The molecule has 2 N–H and O–H groups in total. The molecule has 0 bridgehead atoms. The molecule has 1 aromatic carbocycles. The number of nitrogens with one attached hydrogen (secondary N) is 2. The summed E-state index contributed by atoms with van der Waals surface area (Å²) in [6.45, 7) is 4.53. The van der Waals surface area contributed by atoms with Gasteiger partial charge in [0.15, 0.2) is 0 Å². The summed E-state index contributed by atoms with van der Waals surface area (Å²) in [5.41, 5.74) is 0.605. The standard InChI is InChI=1S/C13H17BrN2O2/c1-9(2)12(17)15-7-8-16-13(18)10-3-5-11(14)6-4-10/h3-6,9H,7-8H2,1-2H3,(H,15,17)(H,16,18). The fraction of sp³-hybridized carbons (Fsp3) is 0.385. The number of benzene rings is 1. The molecule has 98 valence electrons. The lowest BCUT2D eigenvalue weighted by Gasteiger charge is -2.08. The summed E-state index contributed by atoms with van der Waals surface area (Å²) in [6, 6.07) is 7.11. The Morgan fingerprint density at radius 3 is 2.22 bits per heavy atom. The van der Waals surface area contributed by atoms with E-state index in [1.165, 1.54) is 0 Å². The average Bonchev–Trinajstić information content (AvgIpc) is 2.34. The van der Waals surface area contributed by atoms with E-state index in [0.717, 1.165) is 4.47 Å². The lowest BCUT2D eigenvalue weighted by Crippen LogP contribution is -2.36. The quantitative estimate of drug-likeness (QED) is 0.816. The second-order valence-corrected chi connectivity index (χ2v) is 5.12. The number of hydrogen-bond donors (Lipinski definition) is 2. The van der Waals surface area contributed by atoms with Crippen molar-refractivity contribution in [2.45, 2.75) is 13.8 Å². The van der Waals surface area contributed by atoms with Crippen molar-refractivity contribution in [1.82, 2.24) is 10.6 Å². The molecule has 0 saturated heterocycles. The number of carbonyl (C=O) groups excluding carboxylic acids is 2. The molecule has 0 aliphatic carbocycles. The Kier molecular flexibility index (Phi) is 5.85. The van der Waals surface area contributed by atoms with Gasteiger partial charge >= 0.3 is 0 Å². The van der Waals surface area contributed by atoms with Crippen LogP contribution in [0.3, 0.4) is 0 Å². The van der Waals surface area contributed by atoms with E-state index in [4.69, 9.17) is 0 Å². The molecule has 5 heteroatoms. The lowest BCUT2D eigenvalue weighted by molar-refractivity contribution is -0.123. The van der Waals surface area contributed by atoms with Gasteiger partial charge in [-0.3, -0.25) is 9.59 Å². The van der Waals surface area contributed by atoms with Crippen LogP contribution >= 0.6 is 15.9 Å². The molecule has 0 fully saturated rings. The van der Waals surface area contributed by atoms with Crippen molar-refractivity contribution >= 4 is 27.7 Å². The topological polar surface area (TPSA) is 58.2 Å². The molecule has 0 radical (unpaired) electrons. The van der Waals surface area contributed by atoms with Crippen molar-refractivity contribution in [3.8, 4) is 0 Å².